The molecular weight excluding hydrogens is 325 g/mol. The molecule has 1 saturated heterocycles. The SMILES string of the molecule is CO[C@@]12CC[C@@H](OCCO)C[C@@H]1N(C(=O)Cc1ccc(F)cc1)CC2. The number of carbonyl (C=O) groups is 1. The number of rotatable bonds is 6. The summed E-state index contributed by atoms with van der Waals surface area (Å²) >= 11 is 0. The van der Waals surface area contributed by atoms with E-state index < -0.39 is 0 Å². The second-order valence-corrected chi connectivity index (χ2v) is 6.92. The molecule has 1 aliphatic heterocycles. The van der Waals surface area contributed by atoms with Gasteiger partial charge in [0.25, 0.3) is 0 Å². The fourth-order valence-electron chi connectivity index (χ4n) is 4.21. The number of carbonyl (C=O) groups excluding carboxylic acids is 1. The van der Waals surface area contributed by atoms with Gasteiger partial charge < -0.3 is 19.5 Å². The molecule has 1 aromatic rings. The molecule has 2 aliphatic rings. The summed E-state index contributed by atoms with van der Waals surface area (Å²) in [6, 6.07) is 6.06. The van der Waals surface area contributed by atoms with Crippen molar-refractivity contribution in [2.45, 2.75) is 49.9 Å². The fourth-order valence-corrected chi connectivity index (χ4v) is 4.21. The van der Waals surface area contributed by atoms with E-state index in [2.05, 4.69) is 0 Å². The average Bonchev–Trinajstić information content (AvgIpc) is 3.01. The summed E-state index contributed by atoms with van der Waals surface area (Å²) in [5.41, 5.74) is 0.516. The molecule has 0 unspecified atom stereocenters. The molecule has 1 saturated carbocycles. The van der Waals surface area contributed by atoms with Gasteiger partial charge in [0.1, 0.15) is 5.82 Å². The fraction of sp³-hybridized carbons (Fsp3) is 0.632. The Morgan fingerprint density at radius 1 is 1.36 bits per heavy atom. The van der Waals surface area contributed by atoms with E-state index in [4.69, 9.17) is 14.6 Å². The van der Waals surface area contributed by atoms with Crippen LogP contribution in [-0.4, -0.2) is 60.5 Å². The molecule has 6 heteroatoms. The molecule has 25 heavy (non-hydrogen) atoms. The number of ether oxygens (including phenoxy) is 2. The second kappa shape index (κ2) is 7.81. The Morgan fingerprint density at radius 3 is 2.80 bits per heavy atom. The van der Waals surface area contributed by atoms with Crippen molar-refractivity contribution in [2.24, 2.45) is 0 Å². The van der Waals surface area contributed by atoms with Crippen LogP contribution in [0.1, 0.15) is 31.2 Å². The van der Waals surface area contributed by atoms with E-state index in [9.17, 15) is 9.18 Å². The highest BCUT2D eigenvalue weighted by Gasteiger charge is 2.52. The van der Waals surface area contributed by atoms with Gasteiger partial charge in [-0.05, 0) is 43.4 Å². The van der Waals surface area contributed by atoms with Crippen LogP contribution in [0.5, 0.6) is 0 Å². The molecule has 0 aromatic heterocycles. The van der Waals surface area contributed by atoms with Crippen LogP contribution in [0.2, 0.25) is 0 Å². The van der Waals surface area contributed by atoms with Crippen LogP contribution in [-0.2, 0) is 20.7 Å². The molecule has 3 atom stereocenters. The number of benzene rings is 1. The van der Waals surface area contributed by atoms with E-state index in [1.165, 1.54) is 12.1 Å². The first-order chi connectivity index (χ1) is 12.1. The predicted molar refractivity (Wildman–Crippen MR) is 90.6 cm³/mol. The van der Waals surface area contributed by atoms with Crippen molar-refractivity contribution in [1.82, 2.24) is 4.90 Å². The van der Waals surface area contributed by atoms with Crippen LogP contribution in [0.4, 0.5) is 4.39 Å². The Balaban J connectivity index is 1.70. The van der Waals surface area contributed by atoms with E-state index >= 15 is 0 Å². The first-order valence-electron chi connectivity index (χ1n) is 8.89. The molecule has 0 bridgehead atoms. The van der Waals surface area contributed by atoms with Gasteiger partial charge in [0.2, 0.25) is 5.91 Å². The van der Waals surface area contributed by atoms with E-state index in [-0.39, 0.29) is 42.5 Å². The van der Waals surface area contributed by atoms with Gasteiger partial charge in [0.05, 0.1) is 37.4 Å². The minimum Gasteiger partial charge on any atom is -0.394 e. The first-order valence-corrected chi connectivity index (χ1v) is 8.89. The van der Waals surface area contributed by atoms with Crippen molar-refractivity contribution < 1.29 is 23.8 Å². The molecule has 1 heterocycles. The summed E-state index contributed by atoms with van der Waals surface area (Å²) in [4.78, 5) is 14.7. The number of likely N-dealkylation sites (tertiary alicyclic amines) is 1. The number of hydrogen-bond donors (Lipinski definition) is 1. The molecule has 1 aliphatic carbocycles. The molecule has 138 valence electrons. The van der Waals surface area contributed by atoms with Crippen molar-refractivity contribution in [3.8, 4) is 0 Å². The van der Waals surface area contributed by atoms with Crippen molar-refractivity contribution in [1.29, 1.82) is 0 Å². The van der Waals surface area contributed by atoms with Crippen molar-refractivity contribution >= 4 is 5.91 Å². The average molecular weight is 351 g/mol. The summed E-state index contributed by atoms with van der Waals surface area (Å²) < 4.78 is 24.6. The lowest BCUT2D eigenvalue weighted by atomic mass is 9.79. The van der Waals surface area contributed by atoms with E-state index in [1.54, 1.807) is 19.2 Å². The largest absolute Gasteiger partial charge is 0.394 e. The van der Waals surface area contributed by atoms with Crippen LogP contribution >= 0.6 is 0 Å². The van der Waals surface area contributed by atoms with E-state index in [1.807, 2.05) is 4.90 Å². The number of aliphatic hydroxyl groups is 1. The number of methoxy groups -OCH3 is 1. The van der Waals surface area contributed by atoms with Gasteiger partial charge in [0, 0.05) is 13.7 Å². The minimum atomic E-state index is -0.299. The van der Waals surface area contributed by atoms with Gasteiger partial charge in [-0.1, -0.05) is 12.1 Å². The van der Waals surface area contributed by atoms with Crippen LogP contribution < -0.4 is 0 Å². The third kappa shape index (κ3) is 3.86. The van der Waals surface area contributed by atoms with Gasteiger partial charge in [-0.25, -0.2) is 4.39 Å². The summed E-state index contributed by atoms with van der Waals surface area (Å²) in [5.74, 6) is -0.259. The standard InChI is InChI=1S/C19H26FNO4/c1-24-19-7-6-16(25-11-10-22)13-17(19)21(9-8-19)18(23)12-14-2-4-15(20)5-3-14/h2-5,16-17,22H,6-13H2,1H3/t16-,17+,19-/m1/s1. The maximum atomic E-state index is 13.0. The van der Waals surface area contributed by atoms with E-state index in [0.29, 0.717) is 13.2 Å². The van der Waals surface area contributed by atoms with Gasteiger partial charge in [-0.15, -0.1) is 0 Å². The maximum Gasteiger partial charge on any atom is 0.227 e. The Kier molecular flexibility index (Phi) is 5.71. The number of amides is 1. The van der Waals surface area contributed by atoms with Crippen LogP contribution in [0, 0.1) is 5.82 Å². The molecular formula is C19H26FNO4. The van der Waals surface area contributed by atoms with Gasteiger partial charge in [0.15, 0.2) is 0 Å². The lowest BCUT2D eigenvalue weighted by Gasteiger charge is -2.43. The van der Waals surface area contributed by atoms with Crippen LogP contribution in [0.3, 0.4) is 0 Å². The van der Waals surface area contributed by atoms with E-state index in [0.717, 1.165) is 31.2 Å². The third-order valence-corrected chi connectivity index (χ3v) is 5.58. The molecule has 0 radical (unpaired) electrons. The highest BCUT2D eigenvalue weighted by molar-refractivity contribution is 5.79. The van der Waals surface area contributed by atoms with Gasteiger partial charge >= 0.3 is 0 Å². The lowest BCUT2D eigenvalue weighted by Crippen LogP contribution is -2.53. The topological polar surface area (TPSA) is 59.0 Å². The first kappa shape index (κ1) is 18.3. The Labute approximate surface area is 147 Å². The summed E-state index contributed by atoms with van der Waals surface area (Å²) in [6.07, 6.45) is 3.59. The van der Waals surface area contributed by atoms with Crippen LogP contribution in [0.15, 0.2) is 24.3 Å². The quantitative estimate of drug-likeness (QED) is 0.851. The minimum absolute atomic E-state index is 0.00377. The molecule has 1 aromatic carbocycles. The van der Waals surface area contributed by atoms with Crippen molar-refractivity contribution in [3.05, 3.63) is 35.6 Å². The normalized spacial score (nSPS) is 28.8. The second-order valence-electron chi connectivity index (χ2n) is 6.92. The highest BCUT2D eigenvalue weighted by Crippen LogP contribution is 2.43. The van der Waals surface area contributed by atoms with Crippen LogP contribution in [0.25, 0.3) is 0 Å². The summed E-state index contributed by atoms with van der Waals surface area (Å²) in [7, 11) is 1.72. The molecule has 3 rings (SSSR count). The zero-order valence-electron chi connectivity index (χ0n) is 14.6. The number of fused-ring (bicyclic) bond motifs is 1. The zero-order chi connectivity index (χ0) is 17.9. The molecule has 1 amide bonds. The zero-order valence-corrected chi connectivity index (χ0v) is 14.6. The summed E-state index contributed by atoms with van der Waals surface area (Å²) in [5, 5.41) is 8.96. The Morgan fingerprint density at radius 2 is 2.12 bits per heavy atom. The maximum absolute atomic E-state index is 13.0. The highest BCUT2D eigenvalue weighted by atomic mass is 19.1. The molecule has 1 N–H and O–H groups in total. The number of nitrogens with zero attached hydrogens (tertiary/aromatic N) is 1. The van der Waals surface area contributed by atoms with Crippen molar-refractivity contribution in [2.75, 3.05) is 26.9 Å². The number of aliphatic hydroxyl groups excluding tert-OH is 1. The van der Waals surface area contributed by atoms with Gasteiger partial charge in [-0.3, -0.25) is 4.79 Å². The molecule has 2 fully saturated rings. The van der Waals surface area contributed by atoms with Gasteiger partial charge in [-0.2, -0.15) is 0 Å². The smallest absolute Gasteiger partial charge is 0.227 e. The number of hydrogen-bond acceptors (Lipinski definition) is 4. The third-order valence-electron chi connectivity index (χ3n) is 5.58. The van der Waals surface area contributed by atoms with Crippen molar-refractivity contribution in [3.63, 3.8) is 0 Å². The monoisotopic (exact) mass is 351 g/mol. The summed E-state index contributed by atoms with van der Waals surface area (Å²) in [6.45, 7) is 0.996. The lowest BCUT2D eigenvalue weighted by molar-refractivity contribution is -0.141. The Hall–Kier alpha value is -1.50. The number of halogens is 1. The molecule has 0 spiro atoms. The molecule has 5 nitrogen and oxygen atoms in total. The predicted octanol–water partition coefficient (Wildman–Crippen LogP) is 1.92. The Bertz CT molecular complexity index is 594.